The number of hydrogen-bond donors (Lipinski definition) is 1. The summed E-state index contributed by atoms with van der Waals surface area (Å²) < 4.78 is 7.69. The van der Waals surface area contributed by atoms with Crippen molar-refractivity contribution in [3.63, 3.8) is 0 Å². The SMILES string of the molecule is CCOC1CC(Nc2cnn(C)c2)C12CCC2. The van der Waals surface area contributed by atoms with Gasteiger partial charge in [0.2, 0.25) is 0 Å². The average molecular weight is 235 g/mol. The monoisotopic (exact) mass is 235 g/mol. The normalized spacial score (nSPS) is 29.8. The third-order valence-corrected chi connectivity index (χ3v) is 4.48. The highest BCUT2D eigenvalue weighted by Gasteiger charge is 2.58. The molecule has 17 heavy (non-hydrogen) atoms. The minimum absolute atomic E-state index is 0.422. The third-order valence-electron chi connectivity index (χ3n) is 4.48. The fraction of sp³-hybridized carbons (Fsp3) is 0.769. The molecule has 0 bridgehead atoms. The topological polar surface area (TPSA) is 39.1 Å². The lowest BCUT2D eigenvalue weighted by Crippen LogP contribution is -2.64. The largest absolute Gasteiger partial charge is 0.379 e. The molecule has 3 rings (SSSR count). The molecule has 4 heteroatoms. The van der Waals surface area contributed by atoms with Crippen molar-refractivity contribution in [2.45, 2.75) is 44.8 Å². The van der Waals surface area contributed by atoms with Gasteiger partial charge in [-0.05, 0) is 26.2 Å². The van der Waals surface area contributed by atoms with Gasteiger partial charge in [0, 0.05) is 31.3 Å². The van der Waals surface area contributed by atoms with E-state index in [-0.39, 0.29) is 0 Å². The Bertz CT molecular complexity index is 397. The standard InChI is InChI=1S/C13H21N3O/c1-3-17-12-7-11(13(12)5-4-6-13)15-10-8-14-16(2)9-10/h8-9,11-12,15H,3-7H2,1-2H3. The fourth-order valence-electron chi connectivity index (χ4n) is 3.34. The van der Waals surface area contributed by atoms with Crippen LogP contribution in [0.25, 0.3) is 0 Å². The summed E-state index contributed by atoms with van der Waals surface area (Å²) in [5.41, 5.74) is 1.56. The molecule has 94 valence electrons. The van der Waals surface area contributed by atoms with Gasteiger partial charge < -0.3 is 10.1 Å². The molecule has 2 saturated carbocycles. The summed E-state index contributed by atoms with van der Waals surface area (Å²) in [7, 11) is 1.95. The summed E-state index contributed by atoms with van der Waals surface area (Å²) in [5, 5.41) is 7.81. The maximum Gasteiger partial charge on any atom is 0.0728 e. The third kappa shape index (κ3) is 1.66. The van der Waals surface area contributed by atoms with E-state index in [4.69, 9.17) is 4.74 Å². The van der Waals surface area contributed by atoms with Crippen LogP contribution in [0.4, 0.5) is 5.69 Å². The highest BCUT2D eigenvalue weighted by atomic mass is 16.5. The minimum Gasteiger partial charge on any atom is -0.379 e. The molecule has 1 aromatic heterocycles. The minimum atomic E-state index is 0.422. The van der Waals surface area contributed by atoms with Crippen molar-refractivity contribution in [2.24, 2.45) is 12.5 Å². The quantitative estimate of drug-likeness (QED) is 0.869. The number of aromatic nitrogens is 2. The first-order chi connectivity index (χ1) is 8.24. The van der Waals surface area contributed by atoms with Gasteiger partial charge in [-0.3, -0.25) is 4.68 Å². The Balaban J connectivity index is 1.65. The molecule has 4 nitrogen and oxygen atoms in total. The van der Waals surface area contributed by atoms with Crippen molar-refractivity contribution in [3.05, 3.63) is 12.4 Å². The van der Waals surface area contributed by atoms with Crippen molar-refractivity contribution in [1.29, 1.82) is 0 Å². The molecule has 0 saturated heterocycles. The highest BCUT2D eigenvalue weighted by molar-refractivity contribution is 5.42. The molecule has 2 aliphatic carbocycles. The number of ether oxygens (including phenoxy) is 1. The predicted octanol–water partition coefficient (Wildman–Crippen LogP) is 2.18. The lowest BCUT2D eigenvalue weighted by atomic mass is 9.51. The van der Waals surface area contributed by atoms with Crippen LogP contribution in [-0.2, 0) is 11.8 Å². The molecule has 2 aliphatic rings. The second kappa shape index (κ2) is 4.02. The van der Waals surface area contributed by atoms with Crippen LogP contribution < -0.4 is 5.32 Å². The zero-order valence-electron chi connectivity index (χ0n) is 10.6. The number of nitrogens with one attached hydrogen (secondary N) is 1. The summed E-state index contributed by atoms with van der Waals surface area (Å²) in [6.45, 7) is 2.93. The Morgan fingerprint density at radius 3 is 2.94 bits per heavy atom. The lowest BCUT2D eigenvalue weighted by molar-refractivity contribution is -0.157. The molecule has 1 heterocycles. The van der Waals surface area contributed by atoms with Crippen LogP contribution in [0.2, 0.25) is 0 Å². The van der Waals surface area contributed by atoms with Gasteiger partial charge >= 0.3 is 0 Å². The van der Waals surface area contributed by atoms with Crippen LogP contribution in [0, 0.1) is 5.41 Å². The number of anilines is 1. The van der Waals surface area contributed by atoms with Crippen LogP contribution in [0.3, 0.4) is 0 Å². The molecule has 1 spiro atoms. The van der Waals surface area contributed by atoms with E-state index in [0.29, 0.717) is 17.6 Å². The molecule has 0 radical (unpaired) electrons. The summed E-state index contributed by atoms with van der Waals surface area (Å²) >= 11 is 0. The summed E-state index contributed by atoms with van der Waals surface area (Å²) in [4.78, 5) is 0. The van der Waals surface area contributed by atoms with Gasteiger partial charge in [-0.15, -0.1) is 0 Å². The molecule has 0 amide bonds. The molecule has 2 unspecified atom stereocenters. The van der Waals surface area contributed by atoms with Gasteiger partial charge in [-0.1, -0.05) is 6.42 Å². The first-order valence-electron chi connectivity index (χ1n) is 6.61. The Morgan fingerprint density at radius 2 is 2.41 bits per heavy atom. The Morgan fingerprint density at radius 1 is 1.59 bits per heavy atom. The van der Waals surface area contributed by atoms with Crippen molar-refractivity contribution in [1.82, 2.24) is 9.78 Å². The molecule has 0 aliphatic heterocycles. The molecule has 1 N–H and O–H groups in total. The van der Waals surface area contributed by atoms with E-state index in [1.165, 1.54) is 19.3 Å². The number of nitrogens with zero attached hydrogens (tertiary/aromatic N) is 2. The van der Waals surface area contributed by atoms with Gasteiger partial charge in [0.25, 0.3) is 0 Å². The fourth-order valence-corrected chi connectivity index (χ4v) is 3.34. The summed E-state index contributed by atoms with van der Waals surface area (Å²) in [6.07, 6.45) is 9.55. The van der Waals surface area contributed by atoms with Gasteiger partial charge in [0.05, 0.1) is 18.0 Å². The van der Waals surface area contributed by atoms with E-state index < -0.39 is 0 Å². The van der Waals surface area contributed by atoms with Crippen molar-refractivity contribution < 1.29 is 4.74 Å². The lowest BCUT2D eigenvalue weighted by Gasteiger charge is -2.61. The second-order valence-corrected chi connectivity index (χ2v) is 5.37. The number of aryl methyl sites for hydroxylation is 1. The summed E-state index contributed by atoms with van der Waals surface area (Å²) in [5.74, 6) is 0. The van der Waals surface area contributed by atoms with Crippen LogP contribution >= 0.6 is 0 Å². The molecular formula is C13H21N3O. The first kappa shape index (κ1) is 11.1. The van der Waals surface area contributed by atoms with E-state index in [2.05, 4.69) is 17.3 Å². The highest BCUT2D eigenvalue weighted by Crippen LogP contribution is 2.58. The summed E-state index contributed by atoms with van der Waals surface area (Å²) in [6, 6.07) is 0.581. The Labute approximate surface area is 102 Å². The van der Waals surface area contributed by atoms with E-state index in [1.807, 2.05) is 24.1 Å². The Hall–Kier alpha value is -1.03. The number of rotatable bonds is 4. The van der Waals surface area contributed by atoms with Crippen LogP contribution in [-0.4, -0.2) is 28.5 Å². The van der Waals surface area contributed by atoms with Crippen molar-refractivity contribution >= 4 is 5.69 Å². The van der Waals surface area contributed by atoms with Gasteiger partial charge in [-0.2, -0.15) is 5.10 Å². The average Bonchev–Trinajstić information content (AvgIpc) is 2.60. The Kier molecular flexibility index (Phi) is 2.62. The van der Waals surface area contributed by atoms with Crippen molar-refractivity contribution in [3.8, 4) is 0 Å². The molecular weight excluding hydrogens is 214 g/mol. The van der Waals surface area contributed by atoms with Crippen LogP contribution in [0.15, 0.2) is 12.4 Å². The maximum absolute atomic E-state index is 5.85. The van der Waals surface area contributed by atoms with Crippen molar-refractivity contribution in [2.75, 3.05) is 11.9 Å². The van der Waals surface area contributed by atoms with E-state index in [9.17, 15) is 0 Å². The maximum atomic E-state index is 5.85. The van der Waals surface area contributed by atoms with Gasteiger partial charge in [0.15, 0.2) is 0 Å². The molecule has 2 atom stereocenters. The van der Waals surface area contributed by atoms with E-state index in [1.54, 1.807) is 0 Å². The molecule has 2 fully saturated rings. The smallest absolute Gasteiger partial charge is 0.0728 e. The van der Waals surface area contributed by atoms with E-state index >= 15 is 0 Å². The van der Waals surface area contributed by atoms with Gasteiger partial charge in [0.1, 0.15) is 0 Å². The predicted molar refractivity (Wildman–Crippen MR) is 66.9 cm³/mol. The number of hydrogen-bond acceptors (Lipinski definition) is 3. The van der Waals surface area contributed by atoms with Gasteiger partial charge in [-0.25, -0.2) is 0 Å². The first-order valence-corrected chi connectivity index (χ1v) is 6.61. The van der Waals surface area contributed by atoms with Crippen LogP contribution in [0.5, 0.6) is 0 Å². The molecule has 0 aromatic carbocycles. The van der Waals surface area contributed by atoms with Crippen LogP contribution in [0.1, 0.15) is 32.6 Å². The molecule has 1 aromatic rings. The zero-order chi connectivity index (χ0) is 11.9. The second-order valence-electron chi connectivity index (χ2n) is 5.37. The van der Waals surface area contributed by atoms with E-state index in [0.717, 1.165) is 18.7 Å². The zero-order valence-corrected chi connectivity index (χ0v) is 10.6.